The predicted molar refractivity (Wildman–Crippen MR) is 91.5 cm³/mol. The van der Waals surface area contributed by atoms with Crippen LogP contribution in [-0.4, -0.2) is 26.0 Å². The van der Waals surface area contributed by atoms with Gasteiger partial charge in [0.15, 0.2) is 0 Å². The van der Waals surface area contributed by atoms with Gasteiger partial charge in [-0.2, -0.15) is 0 Å². The van der Waals surface area contributed by atoms with Crippen molar-refractivity contribution < 1.29 is 19.1 Å². The number of methoxy groups -OCH3 is 2. The molecule has 0 saturated carbocycles. The van der Waals surface area contributed by atoms with E-state index in [4.69, 9.17) is 9.47 Å². The number of benzene rings is 2. The van der Waals surface area contributed by atoms with Crippen molar-refractivity contribution in [3.8, 4) is 11.5 Å². The van der Waals surface area contributed by atoms with E-state index in [9.17, 15) is 9.59 Å². The molecule has 0 aliphatic rings. The van der Waals surface area contributed by atoms with Crippen LogP contribution >= 0.6 is 0 Å². The van der Waals surface area contributed by atoms with E-state index in [2.05, 4.69) is 10.6 Å². The van der Waals surface area contributed by atoms with Crippen LogP contribution in [0.4, 0.5) is 5.69 Å². The Morgan fingerprint density at radius 1 is 1.00 bits per heavy atom. The monoisotopic (exact) mass is 328 g/mol. The van der Waals surface area contributed by atoms with Gasteiger partial charge >= 0.3 is 0 Å². The standard InChI is InChI=1S/C18H20N2O4/c1-12(21)20-16-10-14(6-9-17(16)24-3)18(22)19-11-13-4-7-15(23-2)8-5-13/h4-10H,11H2,1-3H3,(H,19,22)(H,20,21). The van der Waals surface area contributed by atoms with Gasteiger partial charge in [-0.05, 0) is 35.9 Å². The van der Waals surface area contributed by atoms with Crippen molar-refractivity contribution in [1.82, 2.24) is 5.32 Å². The molecule has 0 radical (unpaired) electrons. The van der Waals surface area contributed by atoms with E-state index in [0.29, 0.717) is 23.5 Å². The van der Waals surface area contributed by atoms with Crippen LogP contribution in [0.1, 0.15) is 22.8 Å². The first kappa shape index (κ1) is 17.3. The quantitative estimate of drug-likeness (QED) is 0.854. The minimum atomic E-state index is -0.236. The fourth-order valence-electron chi connectivity index (χ4n) is 2.16. The minimum Gasteiger partial charge on any atom is -0.497 e. The van der Waals surface area contributed by atoms with E-state index in [1.807, 2.05) is 24.3 Å². The van der Waals surface area contributed by atoms with Crippen molar-refractivity contribution in [2.75, 3.05) is 19.5 Å². The smallest absolute Gasteiger partial charge is 0.251 e. The molecule has 2 aromatic rings. The fourth-order valence-corrected chi connectivity index (χ4v) is 2.16. The molecule has 6 nitrogen and oxygen atoms in total. The molecule has 2 rings (SSSR count). The Labute approximate surface area is 140 Å². The zero-order chi connectivity index (χ0) is 17.5. The molecule has 6 heteroatoms. The molecular formula is C18H20N2O4. The molecule has 0 aromatic heterocycles. The Morgan fingerprint density at radius 2 is 1.71 bits per heavy atom. The molecule has 0 spiro atoms. The summed E-state index contributed by atoms with van der Waals surface area (Å²) in [6.07, 6.45) is 0. The van der Waals surface area contributed by atoms with Gasteiger partial charge in [-0.15, -0.1) is 0 Å². The molecule has 0 unspecified atom stereocenters. The third kappa shape index (κ3) is 4.49. The second kappa shape index (κ2) is 8.01. The summed E-state index contributed by atoms with van der Waals surface area (Å²) in [5.74, 6) is 0.793. The van der Waals surface area contributed by atoms with Crippen molar-refractivity contribution in [2.45, 2.75) is 13.5 Å². The maximum absolute atomic E-state index is 12.3. The second-order valence-electron chi connectivity index (χ2n) is 5.13. The molecule has 0 atom stereocenters. The van der Waals surface area contributed by atoms with Crippen molar-refractivity contribution in [3.05, 3.63) is 53.6 Å². The van der Waals surface area contributed by atoms with Crippen LogP contribution < -0.4 is 20.1 Å². The lowest BCUT2D eigenvalue weighted by molar-refractivity contribution is -0.114. The number of carbonyl (C=O) groups excluding carboxylic acids is 2. The van der Waals surface area contributed by atoms with E-state index in [0.717, 1.165) is 11.3 Å². The van der Waals surface area contributed by atoms with Crippen LogP contribution in [-0.2, 0) is 11.3 Å². The van der Waals surface area contributed by atoms with E-state index in [-0.39, 0.29) is 11.8 Å². The summed E-state index contributed by atoms with van der Waals surface area (Å²) in [4.78, 5) is 23.5. The lowest BCUT2D eigenvalue weighted by Crippen LogP contribution is -2.23. The number of amides is 2. The van der Waals surface area contributed by atoms with Gasteiger partial charge in [0.2, 0.25) is 5.91 Å². The number of rotatable bonds is 6. The van der Waals surface area contributed by atoms with Gasteiger partial charge in [-0.1, -0.05) is 12.1 Å². The summed E-state index contributed by atoms with van der Waals surface area (Å²) < 4.78 is 10.3. The molecule has 0 bridgehead atoms. The summed E-state index contributed by atoms with van der Waals surface area (Å²) in [7, 11) is 3.11. The van der Waals surface area contributed by atoms with E-state index < -0.39 is 0 Å². The molecule has 0 aliphatic carbocycles. The summed E-state index contributed by atoms with van der Waals surface area (Å²) in [6, 6.07) is 12.3. The predicted octanol–water partition coefficient (Wildman–Crippen LogP) is 2.59. The Balaban J connectivity index is 2.06. The van der Waals surface area contributed by atoms with Gasteiger partial charge in [0.1, 0.15) is 11.5 Å². The highest BCUT2D eigenvalue weighted by molar-refractivity contribution is 5.97. The Bertz CT molecular complexity index is 726. The minimum absolute atomic E-state index is 0.232. The van der Waals surface area contributed by atoms with Gasteiger partial charge in [0.05, 0.1) is 19.9 Å². The van der Waals surface area contributed by atoms with Gasteiger partial charge in [-0.3, -0.25) is 9.59 Å². The van der Waals surface area contributed by atoms with E-state index in [1.165, 1.54) is 14.0 Å². The zero-order valence-corrected chi connectivity index (χ0v) is 13.9. The van der Waals surface area contributed by atoms with Crippen LogP contribution in [0.15, 0.2) is 42.5 Å². The summed E-state index contributed by atoms with van der Waals surface area (Å²) in [5, 5.41) is 5.49. The third-order valence-corrected chi connectivity index (χ3v) is 3.38. The molecule has 2 aromatic carbocycles. The maximum atomic E-state index is 12.3. The second-order valence-corrected chi connectivity index (χ2v) is 5.13. The molecular weight excluding hydrogens is 308 g/mol. The highest BCUT2D eigenvalue weighted by atomic mass is 16.5. The Hall–Kier alpha value is -3.02. The van der Waals surface area contributed by atoms with Crippen molar-refractivity contribution in [3.63, 3.8) is 0 Å². The Morgan fingerprint density at radius 3 is 2.29 bits per heavy atom. The number of hydrogen-bond acceptors (Lipinski definition) is 4. The number of carbonyl (C=O) groups is 2. The molecule has 2 N–H and O–H groups in total. The average molecular weight is 328 g/mol. The number of anilines is 1. The molecule has 126 valence electrons. The van der Waals surface area contributed by atoms with Crippen LogP contribution in [0, 0.1) is 0 Å². The van der Waals surface area contributed by atoms with Gasteiger partial charge in [0, 0.05) is 19.0 Å². The summed E-state index contributed by atoms with van der Waals surface area (Å²) in [5.41, 5.74) is 1.86. The van der Waals surface area contributed by atoms with Crippen molar-refractivity contribution in [1.29, 1.82) is 0 Å². The summed E-state index contributed by atoms with van der Waals surface area (Å²) in [6.45, 7) is 1.79. The van der Waals surface area contributed by atoms with E-state index in [1.54, 1.807) is 25.3 Å². The van der Waals surface area contributed by atoms with Crippen molar-refractivity contribution >= 4 is 17.5 Å². The molecule has 24 heavy (non-hydrogen) atoms. The average Bonchev–Trinajstić information content (AvgIpc) is 2.59. The fraction of sp³-hybridized carbons (Fsp3) is 0.222. The van der Waals surface area contributed by atoms with Crippen LogP contribution in [0.3, 0.4) is 0 Å². The van der Waals surface area contributed by atoms with E-state index >= 15 is 0 Å². The first-order valence-corrected chi connectivity index (χ1v) is 7.40. The Kier molecular flexibility index (Phi) is 5.78. The van der Waals surface area contributed by atoms with Crippen LogP contribution in [0.25, 0.3) is 0 Å². The molecule has 0 saturated heterocycles. The normalized spacial score (nSPS) is 9.96. The molecule has 0 aliphatic heterocycles. The van der Waals surface area contributed by atoms with Gasteiger partial charge < -0.3 is 20.1 Å². The molecule has 2 amide bonds. The van der Waals surface area contributed by atoms with Gasteiger partial charge in [-0.25, -0.2) is 0 Å². The SMILES string of the molecule is COc1ccc(CNC(=O)c2ccc(OC)c(NC(C)=O)c2)cc1. The summed E-state index contributed by atoms with van der Waals surface area (Å²) >= 11 is 0. The van der Waals surface area contributed by atoms with Crippen LogP contribution in [0.2, 0.25) is 0 Å². The zero-order valence-electron chi connectivity index (χ0n) is 13.9. The number of nitrogens with one attached hydrogen (secondary N) is 2. The van der Waals surface area contributed by atoms with Gasteiger partial charge in [0.25, 0.3) is 5.91 Å². The lowest BCUT2D eigenvalue weighted by atomic mass is 10.1. The lowest BCUT2D eigenvalue weighted by Gasteiger charge is -2.11. The largest absolute Gasteiger partial charge is 0.497 e. The highest BCUT2D eigenvalue weighted by Gasteiger charge is 2.11. The topological polar surface area (TPSA) is 76.7 Å². The molecule has 0 fully saturated rings. The first-order chi connectivity index (χ1) is 11.5. The van der Waals surface area contributed by atoms with Crippen LogP contribution in [0.5, 0.6) is 11.5 Å². The number of ether oxygens (including phenoxy) is 2. The maximum Gasteiger partial charge on any atom is 0.251 e. The third-order valence-electron chi connectivity index (χ3n) is 3.38. The highest BCUT2D eigenvalue weighted by Crippen LogP contribution is 2.25. The molecule has 0 heterocycles. The number of hydrogen-bond donors (Lipinski definition) is 2. The van der Waals surface area contributed by atoms with Crippen molar-refractivity contribution in [2.24, 2.45) is 0 Å². The first-order valence-electron chi connectivity index (χ1n) is 7.40.